The predicted octanol–water partition coefficient (Wildman–Crippen LogP) is 3.48. The second kappa shape index (κ2) is 7.07. The van der Waals surface area contributed by atoms with Crippen molar-refractivity contribution in [3.05, 3.63) is 52.2 Å². The molecule has 0 saturated carbocycles. The van der Waals surface area contributed by atoms with Crippen molar-refractivity contribution in [1.29, 1.82) is 0 Å². The van der Waals surface area contributed by atoms with Crippen molar-refractivity contribution in [1.82, 2.24) is 4.98 Å². The fourth-order valence-corrected chi connectivity index (χ4v) is 4.40. The number of likely N-dealkylation sites (N-methyl/N-ethyl adjacent to an activating group) is 1. The van der Waals surface area contributed by atoms with Gasteiger partial charge < -0.3 is 4.90 Å². The van der Waals surface area contributed by atoms with Crippen LogP contribution in [0.1, 0.15) is 5.69 Å². The number of thiazole rings is 1. The highest BCUT2D eigenvalue weighted by Gasteiger charge is 2.15. The predicted molar refractivity (Wildman–Crippen MR) is 102 cm³/mol. The molecular weight excluding hydrogens is 376 g/mol. The van der Waals surface area contributed by atoms with E-state index in [1.54, 1.807) is 30.5 Å². The molecule has 8 heteroatoms. The molecule has 0 aliphatic heterocycles. The summed E-state index contributed by atoms with van der Waals surface area (Å²) in [5.41, 5.74) is 2.44. The molecule has 0 N–H and O–H groups in total. The van der Waals surface area contributed by atoms with Gasteiger partial charge >= 0.3 is 0 Å². The molecule has 0 bridgehead atoms. The molecular formula is C17H16N2O3S3. The molecule has 0 saturated heterocycles. The average molecular weight is 393 g/mol. The molecule has 1 amide bonds. The summed E-state index contributed by atoms with van der Waals surface area (Å²) in [5, 5.41) is 6.82. The van der Waals surface area contributed by atoms with E-state index in [2.05, 4.69) is 4.98 Å². The number of carbonyl (C=O) groups excluding carboxylic acids is 1. The average Bonchev–Trinajstić information content (AvgIpc) is 3.24. The van der Waals surface area contributed by atoms with Gasteiger partial charge in [0.25, 0.3) is 0 Å². The van der Waals surface area contributed by atoms with Crippen LogP contribution in [-0.2, 0) is 21.1 Å². The molecule has 0 aliphatic carbocycles. The van der Waals surface area contributed by atoms with Crippen LogP contribution in [-0.4, -0.2) is 32.6 Å². The van der Waals surface area contributed by atoms with Crippen LogP contribution in [0.3, 0.4) is 0 Å². The second-order valence-corrected chi connectivity index (χ2v) is 9.21. The number of anilines is 1. The third-order valence-corrected chi connectivity index (χ3v) is 6.43. The maximum Gasteiger partial charge on any atom is 0.232 e. The van der Waals surface area contributed by atoms with Crippen LogP contribution in [0.25, 0.3) is 10.6 Å². The number of rotatable bonds is 5. The standard InChI is InChI=1S/C17H16N2O3S3/c1-19(14-3-5-15(6-4-14)25(2,21)22)16(20)9-13-11-24-17(18-13)12-7-8-23-10-12/h3-8,10-11H,9H2,1-2H3. The fourth-order valence-electron chi connectivity index (χ4n) is 2.24. The van der Waals surface area contributed by atoms with Crippen molar-refractivity contribution in [3.8, 4) is 10.6 Å². The zero-order valence-electron chi connectivity index (χ0n) is 13.7. The normalized spacial score (nSPS) is 11.4. The van der Waals surface area contributed by atoms with Crippen molar-refractivity contribution < 1.29 is 13.2 Å². The Hall–Kier alpha value is -2.03. The van der Waals surface area contributed by atoms with E-state index in [1.807, 2.05) is 22.2 Å². The Labute approximate surface area is 154 Å². The summed E-state index contributed by atoms with van der Waals surface area (Å²) in [6.07, 6.45) is 1.36. The van der Waals surface area contributed by atoms with Gasteiger partial charge in [-0.05, 0) is 35.7 Å². The number of thiophene rings is 1. The van der Waals surface area contributed by atoms with E-state index < -0.39 is 9.84 Å². The number of aromatic nitrogens is 1. The Bertz CT molecular complexity index is 975. The zero-order chi connectivity index (χ0) is 18.0. The Morgan fingerprint density at radius 3 is 2.48 bits per heavy atom. The van der Waals surface area contributed by atoms with Crippen LogP contribution in [0.2, 0.25) is 0 Å². The van der Waals surface area contributed by atoms with Gasteiger partial charge in [-0.2, -0.15) is 11.3 Å². The maximum atomic E-state index is 12.5. The molecule has 0 fully saturated rings. The lowest BCUT2D eigenvalue weighted by molar-refractivity contribution is -0.117. The number of sulfone groups is 1. The number of carbonyl (C=O) groups is 1. The number of nitrogens with zero attached hydrogens (tertiary/aromatic N) is 2. The molecule has 25 heavy (non-hydrogen) atoms. The topological polar surface area (TPSA) is 67.3 Å². The summed E-state index contributed by atoms with van der Waals surface area (Å²) < 4.78 is 23.0. The van der Waals surface area contributed by atoms with E-state index in [0.717, 1.165) is 22.5 Å². The number of amides is 1. The quantitative estimate of drug-likeness (QED) is 0.667. The Kier molecular flexibility index (Phi) is 5.03. The van der Waals surface area contributed by atoms with Crippen molar-refractivity contribution >= 4 is 44.1 Å². The molecule has 0 unspecified atom stereocenters. The molecule has 1 aromatic carbocycles. The highest BCUT2D eigenvalue weighted by molar-refractivity contribution is 7.90. The monoisotopic (exact) mass is 392 g/mol. The lowest BCUT2D eigenvalue weighted by Crippen LogP contribution is -2.27. The molecule has 0 aliphatic rings. The Balaban J connectivity index is 1.70. The van der Waals surface area contributed by atoms with E-state index in [9.17, 15) is 13.2 Å². The van der Waals surface area contributed by atoms with Crippen molar-refractivity contribution in [2.75, 3.05) is 18.2 Å². The molecule has 2 heterocycles. The van der Waals surface area contributed by atoms with Gasteiger partial charge in [0.2, 0.25) is 5.91 Å². The Morgan fingerprint density at radius 2 is 1.88 bits per heavy atom. The maximum absolute atomic E-state index is 12.5. The zero-order valence-corrected chi connectivity index (χ0v) is 16.1. The minimum atomic E-state index is -3.24. The summed E-state index contributed by atoms with van der Waals surface area (Å²) in [4.78, 5) is 18.7. The van der Waals surface area contributed by atoms with Crippen molar-refractivity contribution in [2.45, 2.75) is 11.3 Å². The number of hydrogen-bond acceptors (Lipinski definition) is 6. The highest BCUT2D eigenvalue weighted by Crippen LogP contribution is 2.26. The lowest BCUT2D eigenvalue weighted by Gasteiger charge is -2.17. The summed E-state index contributed by atoms with van der Waals surface area (Å²) in [6, 6.07) is 8.28. The first-order valence-electron chi connectivity index (χ1n) is 7.38. The third-order valence-electron chi connectivity index (χ3n) is 3.68. The van der Waals surface area contributed by atoms with Gasteiger partial charge in [0.15, 0.2) is 9.84 Å². The summed E-state index contributed by atoms with van der Waals surface area (Å²) in [6.45, 7) is 0. The first-order valence-corrected chi connectivity index (χ1v) is 11.1. The van der Waals surface area contributed by atoms with Gasteiger partial charge in [-0.15, -0.1) is 11.3 Å². The van der Waals surface area contributed by atoms with Gasteiger partial charge in [-0.3, -0.25) is 4.79 Å². The number of benzene rings is 1. The van der Waals surface area contributed by atoms with Gasteiger partial charge in [0.1, 0.15) is 5.01 Å². The van der Waals surface area contributed by atoms with Crippen LogP contribution >= 0.6 is 22.7 Å². The molecule has 5 nitrogen and oxygen atoms in total. The molecule has 0 radical (unpaired) electrons. The lowest BCUT2D eigenvalue weighted by atomic mass is 10.2. The molecule has 3 aromatic rings. The third kappa shape index (κ3) is 4.15. The molecule has 0 spiro atoms. The summed E-state index contributed by atoms with van der Waals surface area (Å²) in [7, 11) is -1.57. The second-order valence-electron chi connectivity index (χ2n) is 5.55. The first kappa shape index (κ1) is 17.8. The molecule has 130 valence electrons. The van der Waals surface area contributed by atoms with Crippen molar-refractivity contribution in [2.24, 2.45) is 0 Å². The van der Waals surface area contributed by atoms with E-state index >= 15 is 0 Å². The molecule has 3 rings (SSSR count). The van der Waals surface area contributed by atoms with E-state index in [-0.39, 0.29) is 17.2 Å². The minimum absolute atomic E-state index is 0.103. The van der Waals surface area contributed by atoms with Crippen LogP contribution in [0.5, 0.6) is 0 Å². The van der Waals surface area contributed by atoms with E-state index in [4.69, 9.17) is 0 Å². The van der Waals surface area contributed by atoms with Crippen LogP contribution < -0.4 is 4.90 Å². The first-order chi connectivity index (χ1) is 11.8. The van der Waals surface area contributed by atoms with Gasteiger partial charge in [0, 0.05) is 35.3 Å². The Morgan fingerprint density at radius 1 is 1.16 bits per heavy atom. The minimum Gasteiger partial charge on any atom is -0.315 e. The number of hydrogen-bond donors (Lipinski definition) is 0. The van der Waals surface area contributed by atoms with Gasteiger partial charge in [-0.1, -0.05) is 0 Å². The smallest absolute Gasteiger partial charge is 0.232 e. The van der Waals surface area contributed by atoms with Crippen molar-refractivity contribution in [3.63, 3.8) is 0 Å². The highest BCUT2D eigenvalue weighted by atomic mass is 32.2. The van der Waals surface area contributed by atoms with Crippen LogP contribution in [0, 0.1) is 0 Å². The SMILES string of the molecule is CN(C(=O)Cc1csc(-c2ccsc2)n1)c1ccc(S(C)(=O)=O)cc1. The largest absolute Gasteiger partial charge is 0.315 e. The van der Waals surface area contributed by atoms with E-state index in [0.29, 0.717) is 5.69 Å². The summed E-state index contributed by atoms with van der Waals surface area (Å²) >= 11 is 3.13. The van der Waals surface area contributed by atoms with E-state index in [1.165, 1.54) is 28.4 Å². The fraction of sp³-hybridized carbons (Fsp3) is 0.176. The molecule has 0 atom stereocenters. The van der Waals surface area contributed by atoms with Crippen LogP contribution in [0.4, 0.5) is 5.69 Å². The van der Waals surface area contributed by atoms with Gasteiger partial charge in [0.05, 0.1) is 17.0 Å². The van der Waals surface area contributed by atoms with Gasteiger partial charge in [-0.25, -0.2) is 13.4 Å². The molecule has 2 aromatic heterocycles. The summed E-state index contributed by atoms with van der Waals surface area (Å²) in [5.74, 6) is -0.103. The van der Waals surface area contributed by atoms with Crippen LogP contribution in [0.15, 0.2) is 51.4 Å².